The van der Waals surface area contributed by atoms with Crippen molar-refractivity contribution in [1.29, 1.82) is 0 Å². The van der Waals surface area contributed by atoms with Crippen molar-refractivity contribution in [3.63, 3.8) is 0 Å². The zero-order chi connectivity index (χ0) is 39.4. The molecule has 0 bridgehead atoms. The van der Waals surface area contributed by atoms with Gasteiger partial charge >= 0.3 is 0 Å². The predicted octanol–water partition coefficient (Wildman–Crippen LogP) is 4.39. The van der Waals surface area contributed by atoms with E-state index >= 15 is 0 Å². The van der Waals surface area contributed by atoms with Crippen LogP contribution < -0.4 is 37.6 Å². The van der Waals surface area contributed by atoms with Gasteiger partial charge in [-0.3, -0.25) is 9.80 Å². The van der Waals surface area contributed by atoms with Crippen molar-refractivity contribution in [2.24, 2.45) is 5.73 Å². The molecule has 0 amide bonds. The number of hydrogen-bond acceptors (Lipinski definition) is 9. The van der Waals surface area contributed by atoms with Crippen LogP contribution in [0, 0.1) is 0 Å². The van der Waals surface area contributed by atoms with E-state index in [1.807, 2.05) is 0 Å². The van der Waals surface area contributed by atoms with Gasteiger partial charge in [0.2, 0.25) is 0 Å². The van der Waals surface area contributed by atoms with Crippen LogP contribution in [0.25, 0.3) is 32.3 Å². The van der Waals surface area contributed by atoms with Gasteiger partial charge in [0.15, 0.2) is 0 Å². The molecule has 6 aromatic rings. The smallest absolute Gasteiger partial charge is 0.0497 e. The summed E-state index contributed by atoms with van der Waals surface area (Å²) in [6, 6.07) is 38.9. The molecule has 0 spiro atoms. The van der Waals surface area contributed by atoms with Crippen molar-refractivity contribution < 1.29 is 0 Å². The monoisotopic (exact) mass is 780 g/mol. The molecule has 0 aliphatic carbocycles. The van der Waals surface area contributed by atoms with E-state index in [4.69, 9.17) is 5.73 Å². The standard InChI is InChI=1S/C49H65N9/c50-49(46-15-13-44-11-10-42-8-3-9-43-12-14-45(46)48(44)47(42)43,34-38-4-1-6-40(32-38)36-57-28-24-53-20-16-51-17-21-54-25-29-57)35-39-5-2-7-41(33-39)37-58-30-26-55-22-18-52-19-23-56-27-31-58/h1-15,32-33,51-56H,16-31,34-37,50H2. The topological polar surface area (TPSA) is 105 Å². The lowest BCUT2D eigenvalue weighted by atomic mass is 9.76. The first-order valence-corrected chi connectivity index (χ1v) is 21.9. The van der Waals surface area contributed by atoms with Crippen LogP contribution in [0.4, 0.5) is 0 Å². The molecular weight excluding hydrogens is 715 g/mol. The van der Waals surface area contributed by atoms with Crippen molar-refractivity contribution in [2.75, 3.05) is 105 Å². The van der Waals surface area contributed by atoms with Crippen molar-refractivity contribution in [1.82, 2.24) is 41.7 Å². The lowest BCUT2D eigenvalue weighted by molar-refractivity contribution is 0.263. The molecule has 0 saturated carbocycles. The fraction of sp³-hybridized carbons (Fsp3) is 0.429. The summed E-state index contributed by atoms with van der Waals surface area (Å²) in [5.74, 6) is 0. The molecule has 2 fully saturated rings. The Balaban J connectivity index is 1.10. The van der Waals surface area contributed by atoms with Gasteiger partial charge in [0.25, 0.3) is 0 Å². The van der Waals surface area contributed by atoms with Crippen LogP contribution in [0.15, 0.2) is 103 Å². The molecule has 8 N–H and O–H groups in total. The number of benzene rings is 6. The molecule has 2 aliphatic heterocycles. The molecule has 2 aliphatic rings. The summed E-state index contributed by atoms with van der Waals surface area (Å²) in [6.07, 6.45) is 1.48. The summed E-state index contributed by atoms with van der Waals surface area (Å²) in [4.78, 5) is 5.16. The van der Waals surface area contributed by atoms with E-state index in [1.165, 1.54) is 60.1 Å². The molecule has 6 aromatic carbocycles. The lowest BCUT2D eigenvalue weighted by Crippen LogP contribution is -2.42. The minimum Gasteiger partial charge on any atom is -0.321 e. The molecule has 0 unspecified atom stereocenters. The fourth-order valence-electron chi connectivity index (χ4n) is 9.29. The molecule has 0 aromatic heterocycles. The number of nitrogens with one attached hydrogen (secondary N) is 6. The van der Waals surface area contributed by atoms with Crippen LogP contribution in [0.5, 0.6) is 0 Å². The molecule has 306 valence electrons. The quantitative estimate of drug-likeness (QED) is 0.108. The summed E-state index contributed by atoms with van der Waals surface area (Å²) < 4.78 is 0. The first-order valence-electron chi connectivity index (χ1n) is 21.9. The van der Waals surface area contributed by atoms with Crippen molar-refractivity contribution >= 4 is 32.3 Å². The van der Waals surface area contributed by atoms with Gasteiger partial charge in [-0.1, -0.05) is 103 Å². The molecule has 0 radical (unpaired) electrons. The van der Waals surface area contributed by atoms with Gasteiger partial charge in [0, 0.05) is 123 Å². The van der Waals surface area contributed by atoms with E-state index < -0.39 is 5.54 Å². The van der Waals surface area contributed by atoms with Crippen molar-refractivity contribution in [2.45, 2.75) is 31.5 Å². The summed E-state index contributed by atoms with van der Waals surface area (Å²) >= 11 is 0. The normalized spacial score (nSPS) is 18.4. The minimum absolute atomic E-state index is 0.649. The first kappa shape index (κ1) is 40.8. The van der Waals surface area contributed by atoms with Gasteiger partial charge in [-0.05, 0) is 73.0 Å². The Hall–Kier alpha value is -4.00. The number of rotatable bonds is 9. The molecule has 58 heavy (non-hydrogen) atoms. The lowest BCUT2D eigenvalue weighted by Gasteiger charge is -2.33. The molecule has 8 rings (SSSR count). The van der Waals surface area contributed by atoms with Crippen molar-refractivity contribution in [3.8, 4) is 0 Å². The average Bonchev–Trinajstić information content (AvgIpc) is 3.22. The summed E-state index contributed by atoms with van der Waals surface area (Å²) in [6.45, 7) is 17.9. The highest BCUT2D eigenvalue weighted by atomic mass is 15.2. The summed E-state index contributed by atoms with van der Waals surface area (Å²) in [7, 11) is 0. The minimum atomic E-state index is -0.649. The van der Waals surface area contributed by atoms with E-state index in [-0.39, 0.29) is 0 Å². The van der Waals surface area contributed by atoms with Crippen molar-refractivity contribution in [3.05, 3.63) is 131 Å². The SMILES string of the molecule is NC(Cc1cccc(CN2CCNCCNCCNCC2)c1)(Cc1cccc(CN2CCNCCNCCNCC2)c1)c1ccc2ccc3cccc4ccc1c2c34. The zero-order valence-corrected chi connectivity index (χ0v) is 34.4. The first-order chi connectivity index (χ1) is 28.6. The number of nitrogens with two attached hydrogens (primary N) is 1. The second-order valence-electron chi connectivity index (χ2n) is 16.7. The largest absolute Gasteiger partial charge is 0.321 e. The average molecular weight is 780 g/mol. The van der Waals surface area contributed by atoms with Crippen LogP contribution >= 0.6 is 0 Å². The maximum Gasteiger partial charge on any atom is 0.0497 e. The molecule has 0 atom stereocenters. The van der Waals surface area contributed by atoms with E-state index in [2.05, 4.69) is 145 Å². The van der Waals surface area contributed by atoms with Gasteiger partial charge in [-0.15, -0.1) is 0 Å². The van der Waals surface area contributed by atoms with Gasteiger partial charge in [-0.25, -0.2) is 0 Å². The second kappa shape index (κ2) is 20.3. The zero-order valence-electron chi connectivity index (χ0n) is 34.4. The van der Waals surface area contributed by atoms with Gasteiger partial charge in [0.05, 0.1) is 0 Å². The Morgan fingerprint density at radius 3 is 1.28 bits per heavy atom. The number of nitrogens with zero attached hydrogens (tertiary/aromatic N) is 2. The summed E-state index contributed by atoms with van der Waals surface area (Å²) in [5, 5.41) is 29.3. The Morgan fingerprint density at radius 1 is 0.414 bits per heavy atom. The van der Waals surface area contributed by atoms with E-state index in [9.17, 15) is 0 Å². The third-order valence-corrected chi connectivity index (χ3v) is 12.2. The summed E-state index contributed by atoms with van der Waals surface area (Å²) in [5.41, 5.74) is 13.8. The molecule has 2 saturated heterocycles. The van der Waals surface area contributed by atoms with Crippen LogP contribution in [0.3, 0.4) is 0 Å². The second-order valence-corrected chi connectivity index (χ2v) is 16.7. The van der Waals surface area contributed by atoms with E-state index in [0.717, 1.165) is 131 Å². The Morgan fingerprint density at radius 2 is 0.793 bits per heavy atom. The maximum absolute atomic E-state index is 7.98. The Bertz CT molecular complexity index is 2070. The molecule has 2 heterocycles. The Labute approximate surface area is 345 Å². The third-order valence-electron chi connectivity index (χ3n) is 12.2. The van der Waals surface area contributed by atoms with Crippen LogP contribution in [-0.2, 0) is 31.5 Å². The van der Waals surface area contributed by atoms with Gasteiger partial charge < -0.3 is 37.6 Å². The fourth-order valence-corrected chi connectivity index (χ4v) is 9.29. The highest BCUT2D eigenvalue weighted by Gasteiger charge is 2.31. The van der Waals surface area contributed by atoms with Gasteiger partial charge in [0.1, 0.15) is 0 Å². The highest BCUT2D eigenvalue weighted by Crippen LogP contribution is 2.40. The van der Waals surface area contributed by atoms with Gasteiger partial charge in [-0.2, -0.15) is 0 Å². The highest BCUT2D eigenvalue weighted by molar-refractivity contribution is 6.23. The Kier molecular flexibility index (Phi) is 14.3. The van der Waals surface area contributed by atoms with Crippen LogP contribution in [0.1, 0.15) is 27.8 Å². The maximum atomic E-state index is 7.98. The van der Waals surface area contributed by atoms with Crippen LogP contribution in [0.2, 0.25) is 0 Å². The predicted molar refractivity (Wildman–Crippen MR) is 244 cm³/mol. The third kappa shape index (κ3) is 10.6. The molecule has 9 nitrogen and oxygen atoms in total. The van der Waals surface area contributed by atoms with E-state index in [0.29, 0.717) is 0 Å². The number of hydrogen-bond donors (Lipinski definition) is 7. The molecule has 9 heteroatoms. The molecular formula is C49H65N9. The van der Waals surface area contributed by atoms with E-state index in [1.54, 1.807) is 0 Å². The van der Waals surface area contributed by atoms with Crippen LogP contribution in [-0.4, -0.2) is 115 Å².